The van der Waals surface area contributed by atoms with Gasteiger partial charge in [-0.3, -0.25) is 0 Å². The second kappa shape index (κ2) is 14.1. The first-order valence-corrected chi connectivity index (χ1v) is 9.52. The molecule has 0 unspecified atom stereocenters. The Morgan fingerprint density at radius 2 is 1.73 bits per heavy atom. The Labute approximate surface area is 147 Å². The number of nitrogens with two attached hydrogens (primary N) is 1. The first-order chi connectivity index (χ1) is 10.3. The first-order valence-electron chi connectivity index (χ1n) is 8.36. The van der Waals surface area contributed by atoms with Gasteiger partial charge < -0.3 is 10.5 Å². The molecule has 22 heavy (non-hydrogen) atoms. The molecule has 0 radical (unpaired) electrons. The molecule has 2 nitrogen and oxygen atoms in total. The number of hydrogen-bond donors (Lipinski definition) is 1. The van der Waals surface area contributed by atoms with Gasteiger partial charge in [-0.15, -0.1) is 12.4 Å². The molecule has 1 aromatic rings. The first kappa shape index (κ1) is 21.5. The quantitative estimate of drug-likeness (QED) is 0.368. The molecule has 0 heterocycles. The largest absolute Gasteiger partial charge is 0.493 e. The molecule has 0 bridgehead atoms. The normalized spacial score (nSPS) is 10.3. The molecule has 0 aromatic heterocycles. The van der Waals surface area contributed by atoms with Crippen LogP contribution in [0.4, 0.5) is 5.69 Å². The van der Waals surface area contributed by atoms with Gasteiger partial charge in [0.05, 0.1) is 6.61 Å². The topological polar surface area (TPSA) is 35.2 Å². The zero-order valence-corrected chi connectivity index (χ0v) is 15.7. The van der Waals surface area contributed by atoms with Crippen LogP contribution >= 0.6 is 24.2 Å². The highest BCUT2D eigenvalue weighted by atomic mass is 35.5. The van der Waals surface area contributed by atoms with Crippen molar-refractivity contribution in [2.24, 2.45) is 0 Å². The minimum atomic E-state index is 0. The molecule has 0 aliphatic carbocycles. The predicted octanol–water partition coefficient (Wildman–Crippen LogP) is 6.07. The van der Waals surface area contributed by atoms with E-state index >= 15 is 0 Å². The fourth-order valence-corrected chi connectivity index (χ4v) is 3.12. The van der Waals surface area contributed by atoms with Gasteiger partial charge in [0.25, 0.3) is 0 Å². The molecular formula is C18H32ClNOS. The van der Waals surface area contributed by atoms with Crippen LogP contribution in [0.5, 0.6) is 5.75 Å². The van der Waals surface area contributed by atoms with Crippen LogP contribution in [-0.4, -0.2) is 12.4 Å². The minimum Gasteiger partial charge on any atom is -0.493 e. The maximum absolute atomic E-state index is 5.96. The molecule has 0 saturated heterocycles. The van der Waals surface area contributed by atoms with E-state index in [-0.39, 0.29) is 12.4 Å². The summed E-state index contributed by atoms with van der Waals surface area (Å²) in [6.07, 6.45) is 8.99. The van der Waals surface area contributed by atoms with E-state index in [1.54, 1.807) is 0 Å². The summed E-state index contributed by atoms with van der Waals surface area (Å²) in [5.74, 6) is 3.19. The number of hydrogen-bond acceptors (Lipinski definition) is 3. The molecule has 0 spiro atoms. The van der Waals surface area contributed by atoms with Crippen molar-refractivity contribution in [1.29, 1.82) is 0 Å². The third-order valence-electron chi connectivity index (χ3n) is 3.45. The molecule has 4 heteroatoms. The van der Waals surface area contributed by atoms with Crippen LogP contribution < -0.4 is 10.5 Å². The highest BCUT2D eigenvalue weighted by Gasteiger charge is 2.05. The zero-order valence-electron chi connectivity index (χ0n) is 14.1. The molecule has 2 N–H and O–H groups in total. The van der Waals surface area contributed by atoms with Gasteiger partial charge in [0.15, 0.2) is 0 Å². The second-order valence-corrected chi connectivity index (χ2v) is 6.64. The Morgan fingerprint density at radius 3 is 2.45 bits per heavy atom. The third kappa shape index (κ3) is 9.47. The SMILES string of the molecule is CCCCCCCCOc1ccc(N)cc1CSCCC.Cl. The number of thioether (sulfide) groups is 1. The van der Waals surface area contributed by atoms with Crippen molar-refractivity contribution < 1.29 is 4.74 Å². The van der Waals surface area contributed by atoms with E-state index in [1.807, 2.05) is 23.9 Å². The summed E-state index contributed by atoms with van der Waals surface area (Å²) in [6.45, 7) is 5.28. The summed E-state index contributed by atoms with van der Waals surface area (Å²) in [5.41, 5.74) is 7.95. The molecule has 0 aliphatic heterocycles. The van der Waals surface area contributed by atoms with E-state index in [0.717, 1.165) is 30.2 Å². The van der Waals surface area contributed by atoms with Gasteiger partial charge in [0.1, 0.15) is 5.75 Å². The number of unbranched alkanes of at least 4 members (excludes halogenated alkanes) is 5. The van der Waals surface area contributed by atoms with Gasteiger partial charge in [0.2, 0.25) is 0 Å². The number of benzene rings is 1. The Hall–Kier alpha value is -0.540. The Kier molecular flexibility index (Phi) is 13.7. The summed E-state index contributed by atoms with van der Waals surface area (Å²) >= 11 is 1.95. The molecule has 0 atom stereocenters. The monoisotopic (exact) mass is 345 g/mol. The van der Waals surface area contributed by atoms with Crippen LogP contribution in [0.15, 0.2) is 18.2 Å². The van der Waals surface area contributed by atoms with Crippen molar-refractivity contribution in [2.75, 3.05) is 18.1 Å². The van der Waals surface area contributed by atoms with Gasteiger partial charge in [-0.2, -0.15) is 11.8 Å². The molecule has 1 rings (SSSR count). The number of halogens is 1. The van der Waals surface area contributed by atoms with Gasteiger partial charge >= 0.3 is 0 Å². The average molecular weight is 346 g/mol. The van der Waals surface area contributed by atoms with Gasteiger partial charge in [-0.25, -0.2) is 0 Å². The maximum Gasteiger partial charge on any atom is 0.123 e. The van der Waals surface area contributed by atoms with Crippen LogP contribution in [0, 0.1) is 0 Å². The summed E-state index contributed by atoms with van der Waals surface area (Å²) in [5, 5.41) is 0. The van der Waals surface area contributed by atoms with Crippen LogP contribution in [0.25, 0.3) is 0 Å². The van der Waals surface area contributed by atoms with E-state index in [9.17, 15) is 0 Å². The summed E-state index contributed by atoms with van der Waals surface area (Å²) in [4.78, 5) is 0. The van der Waals surface area contributed by atoms with Crippen molar-refractivity contribution >= 4 is 29.9 Å². The molecule has 1 aromatic carbocycles. The smallest absolute Gasteiger partial charge is 0.123 e. The second-order valence-electron chi connectivity index (χ2n) is 5.54. The van der Waals surface area contributed by atoms with Gasteiger partial charge in [-0.1, -0.05) is 46.0 Å². The van der Waals surface area contributed by atoms with Crippen molar-refractivity contribution in [2.45, 2.75) is 64.5 Å². The number of rotatable bonds is 12. The van der Waals surface area contributed by atoms with Gasteiger partial charge in [-0.05, 0) is 36.8 Å². The summed E-state index contributed by atoms with van der Waals surface area (Å²) in [7, 11) is 0. The van der Waals surface area contributed by atoms with E-state index in [2.05, 4.69) is 19.9 Å². The fraction of sp³-hybridized carbons (Fsp3) is 0.667. The standard InChI is InChI=1S/C18H31NOS.ClH/c1-3-5-6-7-8-9-12-20-18-11-10-17(19)14-16(18)15-21-13-4-2;/h10-11,14H,3-9,12-13,15,19H2,1-2H3;1H. The van der Waals surface area contributed by atoms with E-state index < -0.39 is 0 Å². The van der Waals surface area contributed by atoms with Crippen LogP contribution in [0.1, 0.15) is 64.4 Å². The minimum absolute atomic E-state index is 0. The number of ether oxygens (including phenoxy) is 1. The van der Waals surface area contributed by atoms with E-state index in [0.29, 0.717) is 0 Å². The lowest BCUT2D eigenvalue weighted by atomic mass is 10.1. The van der Waals surface area contributed by atoms with Crippen LogP contribution in [0.3, 0.4) is 0 Å². The van der Waals surface area contributed by atoms with Crippen LogP contribution in [-0.2, 0) is 5.75 Å². The molecular weight excluding hydrogens is 314 g/mol. The number of anilines is 1. The lowest BCUT2D eigenvalue weighted by Gasteiger charge is -2.12. The van der Waals surface area contributed by atoms with Crippen molar-refractivity contribution in [3.05, 3.63) is 23.8 Å². The predicted molar refractivity (Wildman–Crippen MR) is 103 cm³/mol. The molecule has 0 aliphatic rings. The van der Waals surface area contributed by atoms with Crippen molar-refractivity contribution in [3.8, 4) is 5.75 Å². The maximum atomic E-state index is 5.96. The summed E-state index contributed by atoms with van der Waals surface area (Å²) in [6, 6.07) is 6.01. The lowest BCUT2D eigenvalue weighted by molar-refractivity contribution is 0.302. The zero-order chi connectivity index (χ0) is 15.3. The van der Waals surface area contributed by atoms with Gasteiger partial charge in [0, 0.05) is 17.0 Å². The van der Waals surface area contributed by atoms with Crippen molar-refractivity contribution in [3.63, 3.8) is 0 Å². The molecule has 0 saturated carbocycles. The Balaban J connectivity index is 0.00000441. The number of nitrogen functional groups attached to an aromatic ring is 1. The third-order valence-corrected chi connectivity index (χ3v) is 4.66. The Morgan fingerprint density at radius 1 is 1.00 bits per heavy atom. The average Bonchev–Trinajstić information content (AvgIpc) is 2.48. The molecule has 0 amide bonds. The van der Waals surface area contributed by atoms with E-state index in [1.165, 1.54) is 49.8 Å². The summed E-state index contributed by atoms with van der Waals surface area (Å²) < 4.78 is 5.96. The van der Waals surface area contributed by atoms with Crippen LogP contribution in [0.2, 0.25) is 0 Å². The molecule has 128 valence electrons. The lowest BCUT2D eigenvalue weighted by Crippen LogP contribution is -2.01. The molecule has 0 fully saturated rings. The Bertz CT molecular complexity index is 387. The van der Waals surface area contributed by atoms with E-state index in [4.69, 9.17) is 10.5 Å². The highest BCUT2D eigenvalue weighted by Crippen LogP contribution is 2.26. The highest BCUT2D eigenvalue weighted by molar-refractivity contribution is 7.98. The fourth-order valence-electron chi connectivity index (χ4n) is 2.24. The van der Waals surface area contributed by atoms with Crippen molar-refractivity contribution in [1.82, 2.24) is 0 Å².